The Morgan fingerprint density at radius 2 is 1.83 bits per heavy atom. The Morgan fingerprint density at radius 3 is 2.50 bits per heavy atom. The van der Waals surface area contributed by atoms with Crippen molar-refractivity contribution >= 4 is 11.8 Å². The predicted molar refractivity (Wildman–Crippen MR) is 139 cm³/mol. The van der Waals surface area contributed by atoms with Crippen molar-refractivity contribution in [1.82, 2.24) is 15.1 Å². The van der Waals surface area contributed by atoms with Crippen molar-refractivity contribution in [3.63, 3.8) is 0 Å². The molecule has 1 aliphatic heterocycles. The van der Waals surface area contributed by atoms with Crippen LogP contribution in [0.5, 0.6) is 5.75 Å². The monoisotopic (exact) mass is 489 g/mol. The van der Waals surface area contributed by atoms with Crippen LogP contribution in [-0.2, 0) is 22.7 Å². The lowest BCUT2D eigenvalue weighted by Gasteiger charge is -2.45. The summed E-state index contributed by atoms with van der Waals surface area (Å²) in [6.07, 6.45) is 1.65. The van der Waals surface area contributed by atoms with E-state index in [-0.39, 0.29) is 23.8 Å². The number of nitrogens with one attached hydrogen (secondary N) is 1. The van der Waals surface area contributed by atoms with Crippen LogP contribution in [0.25, 0.3) is 11.3 Å². The fourth-order valence-corrected chi connectivity index (χ4v) is 4.75. The van der Waals surface area contributed by atoms with Gasteiger partial charge in [0.25, 0.3) is 0 Å². The van der Waals surface area contributed by atoms with Crippen molar-refractivity contribution in [2.75, 3.05) is 20.2 Å². The average molecular weight is 490 g/mol. The third-order valence-electron chi connectivity index (χ3n) is 6.58. The van der Waals surface area contributed by atoms with Gasteiger partial charge in [0.2, 0.25) is 11.8 Å². The summed E-state index contributed by atoms with van der Waals surface area (Å²) in [5.74, 6) is 1.30. The summed E-state index contributed by atoms with van der Waals surface area (Å²) in [4.78, 5) is 30.6. The molecule has 2 unspecified atom stereocenters. The Balaban J connectivity index is 1.46. The highest BCUT2D eigenvalue weighted by Crippen LogP contribution is 2.23. The lowest BCUT2D eigenvalue weighted by Crippen LogP contribution is -2.64. The van der Waals surface area contributed by atoms with Gasteiger partial charge in [0, 0.05) is 43.7 Å². The average Bonchev–Trinajstić information content (AvgIpc) is 3.42. The lowest BCUT2D eigenvalue weighted by atomic mass is 10.0. The van der Waals surface area contributed by atoms with Crippen LogP contribution in [0.3, 0.4) is 0 Å². The van der Waals surface area contributed by atoms with E-state index in [4.69, 9.17) is 9.15 Å². The molecule has 1 aliphatic rings. The minimum atomic E-state index is -0.559. The number of carbonyl (C=O) groups is 2. The second-order valence-electron chi connectivity index (χ2n) is 9.70. The largest absolute Gasteiger partial charge is 0.497 e. The molecule has 4 rings (SSSR count). The standard InChI is InChI=1S/C29H35N3O4/c1-20(2)29(34)32-21(3)17-31(18-23-7-5-8-25(15-23)35-4)19-26(32)28(33)30-16-22-10-12-24(13-11-22)27-9-6-14-36-27/h5-15,20-21,26H,16-19H2,1-4H3,(H,30,33). The predicted octanol–water partition coefficient (Wildman–Crippen LogP) is 4.33. The van der Waals surface area contributed by atoms with Gasteiger partial charge in [0.15, 0.2) is 0 Å². The molecule has 0 spiro atoms. The van der Waals surface area contributed by atoms with E-state index in [9.17, 15) is 9.59 Å². The summed E-state index contributed by atoms with van der Waals surface area (Å²) in [5, 5.41) is 3.07. The molecule has 190 valence electrons. The molecule has 7 nitrogen and oxygen atoms in total. The molecule has 1 fully saturated rings. The summed E-state index contributed by atoms with van der Waals surface area (Å²) in [5.41, 5.74) is 3.08. The summed E-state index contributed by atoms with van der Waals surface area (Å²) in [6, 6.07) is 19.0. The van der Waals surface area contributed by atoms with E-state index >= 15 is 0 Å². The van der Waals surface area contributed by atoms with E-state index < -0.39 is 6.04 Å². The highest BCUT2D eigenvalue weighted by molar-refractivity contribution is 5.89. The van der Waals surface area contributed by atoms with Gasteiger partial charge in [-0.3, -0.25) is 14.5 Å². The number of hydrogen-bond acceptors (Lipinski definition) is 5. The van der Waals surface area contributed by atoms with Crippen LogP contribution in [0, 0.1) is 5.92 Å². The van der Waals surface area contributed by atoms with E-state index in [1.54, 1.807) is 18.3 Å². The third-order valence-corrected chi connectivity index (χ3v) is 6.58. The van der Waals surface area contributed by atoms with E-state index in [0.717, 1.165) is 28.2 Å². The Morgan fingerprint density at radius 1 is 1.06 bits per heavy atom. The van der Waals surface area contributed by atoms with Crippen LogP contribution in [0.15, 0.2) is 71.3 Å². The highest BCUT2D eigenvalue weighted by atomic mass is 16.5. The number of benzene rings is 2. The maximum atomic E-state index is 13.4. The maximum absolute atomic E-state index is 13.4. The number of furan rings is 1. The zero-order valence-corrected chi connectivity index (χ0v) is 21.4. The molecule has 0 aliphatic carbocycles. The van der Waals surface area contributed by atoms with E-state index in [1.165, 1.54) is 0 Å². The Kier molecular flexibility index (Phi) is 8.10. The van der Waals surface area contributed by atoms with Gasteiger partial charge in [-0.15, -0.1) is 0 Å². The number of nitrogens with zero attached hydrogens (tertiary/aromatic N) is 2. The van der Waals surface area contributed by atoms with Crippen LogP contribution < -0.4 is 10.1 Å². The van der Waals surface area contributed by atoms with Crippen molar-refractivity contribution in [1.29, 1.82) is 0 Å². The summed E-state index contributed by atoms with van der Waals surface area (Å²) >= 11 is 0. The van der Waals surface area contributed by atoms with Crippen molar-refractivity contribution < 1.29 is 18.7 Å². The zero-order chi connectivity index (χ0) is 25.7. The minimum absolute atomic E-state index is 0.00600. The molecule has 1 saturated heterocycles. The Hall–Kier alpha value is -3.58. The van der Waals surface area contributed by atoms with Gasteiger partial charge in [0.05, 0.1) is 13.4 Å². The molecule has 1 aromatic heterocycles. The molecule has 7 heteroatoms. The summed E-state index contributed by atoms with van der Waals surface area (Å²) in [6.45, 7) is 8.04. The first-order valence-corrected chi connectivity index (χ1v) is 12.4. The number of hydrogen-bond donors (Lipinski definition) is 1. The molecular weight excluding hydrogens is 454 g/mol. The Bertz CT molecular complexity index is 1160. The van der Waals surface area contributed by atoms with Crippen molar-refractivity contribution in [2.24, 2.45) is 5.92 Å². The van der Waals surface area contributed by atoms with Crippen LogP contribution >= 0.6 is 0 Å². The second-order valence-corrected chi connectivity index (χ2v) is 9.70. The Labute approximate surface area is 213 Å². The van der Waals surface area contributed by atoms with Gasteiger partial charge in [-0.05, 0) is 42.3 Å². The number of piperazine rings is 1. The highest BCUT2D eigenvalue weighted by Gasteiger charge is 2.39. The number of methoxy groups -OCH3 is 1. The molecular formula is C29H35N3O4. The molecule has 2 amide bonds. The second kappa shape index (κ2) is 11.4. The zero-order valence-electron chi connectivity index (χ0n) is 21.4. The third kappa shape index (κ3) is 5.97. The number of rotatable bonds is 8. The van der Waals surface area contributed by atoms with Crippen LogP contribution in [-0.4, -0.2) is 53.9 Å². The van der Waals surface area contributed by atoms with E-state index in [1.807, 2.05) is 75.4 Å². The first-order chi connectivity index (χ1) is 17.4. The molecule has 2 atom stereocenters. The normalized spacial score (nSPS) is 18.3. The van der Waals surface area contributed by atoms with Crippen molar-refractivity contribution in [3.8, 4) is 17.1 Å². The molecule has 1 N–H and O–H groups in total. The van der Waals surface area contributed by atoms with Crippen LogP contribution in [0.1, 0.15) is 31.9 Å². The first-order valence-electron chi connectivity index (χ1n) is 12.4. The molecule has 3 aromatic rings. The first kappa shape index (κ1) is 25.5. The van der Waals surface area contributed by atoms with Crippen LogP contribution in [0.4, 0.5) is 0 Å². The fraction of sp³-hybridized carbons (Fsp3) is 0.379. The number of carbonyl (C=O) groups excluding carboxylic acids is 2. The molecule has 0 bridgehead atoms. The van der Waals surface area contributed by atoms with Crippen LogP contribution in [0.2, 0.25) is 0 Å². The number of amides is 2. The molecule has 0 radical (unpaired) electrons. The smallest absolute Gasteiger partial charge is 0.244 e. The SMILES string of the molecule is COc1cccc(CN2CC(C)N(C(=O)C(C)C)C(C(=O)NCc3ccc(-c4ccco4)cc3)C2)c1. The molecule has 2 aromatic carbocycles. The van der Waals surface area contributed by atoms with E-state index in [0.29, 0.717) is 26.2 Å². The van der Waals surface area contributed by atoms with Gasteiger partial charge in [-0.1, -0.05) is 50.2 Å². The molecule has 2 heterocycles. The van der Waals surface area contributed by atoms with Gasteiger partial charge in [0.1, 0.15) is 17.6 Å². The topological polar surface area (TPSA) is 75.0 Å². The number of ether oxygens (including phenoxy) is 1. The summed E-state index contributed by atoms with van der Waals surface area (Å²) < 4.78 is 10.8. The molecule has 36 heavy (non-hydrogen) atoms. The summed E-state index contributed by atoms with van der Waals surface area (Å²) in [7, 11) is 1.66. The van der Waals surface area contributed by atoms with Crippen molar-refractivity contribution in [3.05, 3.63) is 78.1 Å². The fourth-order valence-electron chi connectivity index (χ4n) is 4.75. The van der Waals surface area contributed by atoms with Gasteiger partial charge in [-0.2, -0.15) is 0 Å². The molecule has 0 saturated carbocycles. The van der Waals surface area contributed by atoms with Gasteiger partial charge < -0.3 is 19.4 Å². The van der Waals surface area contributed by atoms with Gasteiger partial charge >= 0.3 is 0 Å². The lowest BCUT2D eigenvalue weighted by molar-refractivity contribution is -0.150. The maximum Gasteiger partial charge on any atom is 0.244 e. The van der Waals surface area contributed by atoms with E-state index in [2.05, 4.69) is 16.3 Å². The van der Waals surface area contributed by atoms with Gasteiger partial charge in [-0.25, -0.2) is 0 Å². The minimum Gasteiger partial charge on any atom is -0.497 e. The van der Waals surface area contributed by atoms with Crippen molar-refractivity contribution in [2.45, 2.75) is 45.9 Å². The quantitative estimate of drug-likeness (QED) is 0.510.